The third kappa shape index (κ3) is 7.73. The number of carbonyl (C=O) groups is 2. The molecule has 1 aliphatic heterocycles. The largest absolute Gasteiger partial charge is 0.480 e. The number of rotatable bonds is 7. The van der Waals surface area contributed by atoms with Gasteiger partial charge in [0, 0.05) is 29.2 Å². The Morgan fingerprint density at radius 2 is 1.88 bits per heavy atom. The van der Waals surface area contributed by atoms with Crippen LogP contribution in [0.3, 0.4) is 0 Å². The molecule has 1 fully saturated rings. The second-order valence-electron chi connectivity index (χ2n) is 6.19. The highest BCUT2D eigenvalue weighted by atomic mass is 79.9. The third-order valence-corrected chi connectivity index (χ3v) is 4.88. The number of aliphatic carboxylic acids is 1. The number of hydrogen-bond donors (Lipinski definition) is 2. The van der Waals surface area contributed by atoms with Crippen molar-refractivity contribution >= 4 is 45.9 Å². The third-order valence-electron chi connectivity index (χ3n) is 4.35. The van der Waals surface area contributed by atoms with E-state index in [2.05, 4.69) is 26.1 Å². The van der Waals surface area contributed by atoms with E-state index in [4.69, 9.17) is 5.11 Å². The Morgan fingerprint density at radius 1 is 1.28 bits per heavy atom. The quantitative estimate of drug-likeness (QED) is 0.690. The zero-order chi connectivity index (χ0) is 17.5. The minimum Gasteiger partial charge on any atom is -0.480 e. The zero-order valence-electron chi connectivity index (χ0n) is 14.3. The van der Waals surface area contributed by atoms with E-state index in [9.17, 15) is 9.59 Å². The molecule has 8 heteroatoms. The van der Waals surface area contributed by atoms with Gasteiger partial charge in [-0.2, -0.15) is 0 Å². The SMILES string of the molecule is CN(CC(=O)O)C1CCN(CCC(=O)Nc2ccc(Br)cc2)CC1.Cl. The second-order valence-corrected chi connectivity index (χ2v) is 7.10. The number of likely N-dealkylation sites (tertiary alicyclic amines) is 1. The van der Waals surface area contributed by atoms with Gasteiger partial charge in [-0.05, 0) is 57.2 Å². The van der Waals surface area contributed by atoms with Gasteiger partial charge in [0.25, 0.3) is 0 Å². The number of nitrogens with one attached hydrogen (secondary N) is 1. The number of amides is 1. The molecule has 0 aliphatic carbocycles. The average Bonchev–Trinajstić information content (AvgIpc) is 2.55. The fourth-order valence-electron chi connectivity index (χ4n) is 2.94. The van der Waals surface area contributed by atoms with Crippen LogP contribution in [0.1, 0.15) is 19.3 Å². The summed E-state index contributed by atoms with van der Waals surface area (Å²) >= 11 is 3.37. The molecule has 0 bridgehead atoms. The van der Waals surface area contributed by atoms with Crippen molar-refractivity contribution in [1.29, 1.82) is 0 Å². The van der Waals surface area contributed by atoms with Gasteiger partial charge in [0.05, 0.1) is 6.54 Å². The van der Waals surface area contributed by atoms with Crippen LogP contribution in [0.5, 0.6) is 0 Å². The Kier molecular flexibility index (Phi) is 9.42. The predicted octanol–water partition coefficient (Wildman–Crippen LogP) is 2.68. The summed E-state index contributed by atoms with van der Waals surface area (Å²) in [7, 11) is 1.86. The monoisotopic (exact) mass is 433 g/mol. The molecule has 1 aromatic carbocycles. The molecule has 0 saturated carbocycles. The van der Waals surface area contributed by atoms with E-state index in [1.165, 1.54) is 0 Å². The Morgan fingerprint density at radius 3 is 2.44 bits per heavy atom. The van der Waals surface area contributed by atoms with Crippen LogP contribution in [0.2, 0.25) is 0 Å². The highest BCUT2D eigenvalue weighted by molar-refractivity contribution is 9.10. The molecule has 2 rings (SSSR count). The van der Waals surface area contributed by atoms with Gasteiger partial charge in [0.1, 0.15) is 0 Å². The Balaban J connectivity index is 0.00000312. The van der Waals surface area contributed by atoms with Crippen molar-refractivity contribution in [3.63, 3.8) is 0 Å². The minimum absolute atomic E-state index is 0. The molecule has 1 aromatic rings. The van der Waals surface area contributed by atoms with Crippen LogP contribution in [0.25, 0.3) is 0 Å². The number of carbonyl (C=O) groups excluding carboxylic acids is 1. The highest BCUT2D eigenvalue weighted by Crippen LogP contribution is 2.16. The van der Waals surface area contributed by atoms with E-state index in [0.29, 0.717) is 12.5 Å². The average molecular weight is 435 g/mol. The van der Waals surface area contributed by atoms with Gasteiger partial charge in [-0.3, -0.25) is 14.5 Å². The fourth-order valence-corrected chi connectivity index (χ4v) is 3.21. The van der Waals surface area contributed by atoms with Gasteiger partial charge in [0.2, 0.25) is 5.91 Å². The molecular weight excluding hydrogens is 410 g/mol. The molecule has 140 valence electrons. The fraction of sp³-hybridized carbons (Fsp3) is 0.529. The molecule has 1 heterocycles. The molecule has 1 amide bonds. The van der Waals surface area contributed by atoms with E-state index in [0.717, 1.165) is 42.6 Å². The van der Waals surface area contributed by atoms with Crippen molar-refractivity contribution in [3.8, 4) is 0 Å². The summed E-state index contributed by atoms with van der Waals surface area (Å²) in [5.41, 5.74) is 0.803. The molecule has 0 unspecified atom stereocenters. The summed E-state index contributed by atoms with van der Waals surface area (Å²) in [5.74, 6) is -0.771. The summed E-state index contributed by atoms with van der Waals surface area (Å²) in [5, 5.41) is 11.7. The second kappa shape index (κ2) is 10.8. The molecule has 0 spiro atoms. The summed E-state index contributed by atoms with van der Waals surface area (Å²) in [6.45, 7) is 2.62. The first-order chi connectivity index (χ1) is 11.4. The van der Waals surface area contributed by atoms with E-state index in [1.807, 2.05) is 36.2 Å². The first-order valence-electron chi connectivity index (χ1n) is 8.14. The molecule has 0 atom stereocenters. The molecule has 1 saturated heterocycles. The predicted molar refractivity (Wildman–Crippen MR) is 104 cm³/mol. The van der Waals surface area contributed by atoms with Crippen molar-refractivity contribution in [1.82, 2.24) is 9.80 Å². The number of hydrogen-bond acceptors (Lipinski definition) is 4. The molecule has 1 aliphatic rings. The smallest absolute Gasteiger partial charge is 0.317 e. The van der Waals surface area contributed by atoms with Gasteiger partial charge in [-0.1, -0.05) is 15.9 Å². The lowest BCUT2D eigenvalue weighted by Crippen LogP contribution is -2.45. The standard InChI is InChI=1S/C17H24BrN3O3.ClH/c1-20(12-17(23)24)15-6-9-21(10-7-15)11-8-16(22)19-14-4-2-13(18)3-5-14;/h2-5,15H,6-12H2,1H3,(H,19,22)(H,23,24);1H. The maximum absolute atomic E-state index is 12.0. The Labute approximate surface area is 163 Å². The topological polar surface area (TPSA) is 72.9 Å². The van der Waals surface area contributed by atoms with Gasteiger partial charge in [0.15, 0.2) is 0 Å². The Hall–Kier alpha value is -1.15. The molecule has 6 nitrogen and oxygen atoms in total. The van der Waals surface area contributed by atoms with Gasteiger partial charge in [-0.25, -0.2) is 0 Å². The molecular formula is C17H25BrClN3O3. The lowest BCUT2D eigenvalue weighted by molar-refractivity contribution is -0.138. The number of piperidine rings is 1. The zero-order valence-corrected chi connectivity index (χ0v) is 16.7. The first kappa shape index (κ1) is 21.9. The van der Waals surface area contributed by atoms with Crippen LogP contribution in [-0.2, 0) is 9.59 Å². The normalized spacial score (nSPS) is 15.6. The molecule has 2 N–H and O–H groups in total. The maximum atomic E-state index is 12.0. The lowest BCUT2D eigenvalue weighted by atomic mass is 10.0. The lowest BCUT2D eigenvalue weighted by Gasteiger charge is -2.36. The van der Waals surface area contributed by atoms with Crippen LogP contribution >= 0.6 is 28.3 Å². The van der Waals surface area contributed by atoms with Crippen LogP contribution in [-0.4, -0.2) is 66.1 Å². The number of halogens is 2. The van der Waals surface area contributed by atoms with Crippen LogP contribution in [0, 0.1) is 0 Å². The summed E-state index contributed by atoms with van der Waals surface area (Å²) in [6, 6.07) is 7.84. The van der Waals surface area contributed by atoms with E-state index < -0.39 is 5.97 Å². The number of benzene rings is 1. The van der Waals surface area contributed by atoms with Gasteiger partial charge >= 0.3 is 5.97 Å². The van der Waals surface area contributed by atoms with Crippen LogP contribution in [0.4, 0.5) is 5.69 Å². The number of carboxylic acid groups (broad SMARTS) is 1. The minimum atomic E-state index is -0.787. The molecule has 25 heavy (non-hydrogen) atoms. The number of likely N-dealkylation sites (N-methyl/N-ethyl adjacent to an activating group) is 1. The summed E-state index contributed by atoms with van der Waals surface area (Å²) in [6.07, 6.45) is 2.35. The maximum Gasteiger partial charge on any atom is 0.317 e. The summed E-state index contributed by atoms with van der Waals surface area (Å²) in [4.78, 5) is 26.9. The first-order valence-corrected chi connectivity index (χ1v) is 8.93. The number of carboxylic acids is 1. The van der Waals surface area contributed by atoms with Crippen molar-refractivity contribution in [2.75, 3.05) is 38.5 Å². The van der Waals surface area contributed by atoms with Crippen molar-refractivity contribution in [3.05, 3.63) is 28.7 Å². The summed E-state index contributed by atoms with van der Waals surface area (Å²) < 4.78 is 0.983. The van der Waals surface area contributed by atoms with Crippen LogP contribution in [0.15, 0.2) is 28.7 Å². The van der Waals surface area contributed by atoms with E-state index >= 15 is 0 Å². The number of nitrogens with zero attached hydrogens (tertiary/aromatic N) is 2. The van der Waals surface area contributed by atoms with Crippen molar-refractivity contribution in [2.45, 2.75) is 25.3 Å². The van der Waals surface area contributed by atoms with Crippen molar-refractivity contribution < 1.29 is 14.7 Å². The number of anilines is 1. The molecule has 0 aromatic heterocycles. The van der Waals surface area contributed by atoms with E-state index in [1.54, 1.807) is 0 Å². The highest BCUT2D eigenvalue weighted by Gasteiger charge is 2.23. The van der Waals surface area contributed by atoms with Crippen molar-refractivity contribution in [2.24, 2.45) is 0 Å². The van der Waals surface area contributed by atoms with E-state index in [-0.39, 0.29) is 24.9 Å². The molecule has 0 radical (unpaired) electrons. The Bertz CT molecular complexity index is 563. The van der Waals surface area contributed by atoms with Gasteiger partial charge in [-0.15, -0.1) is 12.4 Å². The van der Waals surface area contributed by atoms with Crippen LogP contribution < -0.4 is 5.32 Å². The van der Waals surface area contributed by atoms with Gasteiger partial charge < -0.3 is 15.3 Å².